The number of benzene rings is 1. The molecule has 6 heteroatoms. The predicted octanol–water partition coefficient (Wildman–Crippen LogP) is 2.29. The van der Waals surface area contributed by atoms with E-state index in [0.717, 1.165) is 5.56 Å². The van der Waals surface area contributed by atoms with E-state index in [0.29, 0.717) is 17.3 Å². The standard InChI is InChI=1S/C12H11ClN2O3/c1-18-11-3-2-9(13)6-8(11)7-15-5-4-10(14-15)12(16)17/h2-6H,7H2,1H3,(H,16,17). The van der Waals surface area contributed by atoms with Crippen molar-refractivity contribution in [2.24, 2.45) is 0 Å². The molecule has 0 aliphatic heterocycles. The summed E-state index contributed by atoms with van der Waals surface area (Å²) >= 11 is 5.92. The van der Waals surface area contributed by atoms with Crippen molar-refractivity contribution in [3.05, 3.63) is 46.7 Å². The lowest BCUT2D eigenvalue weighted by Crippen LogP contribution is -2.05. The highest BCUT2D eigenvalue weighted by Crippen LogP contribution is 2.23. The monoisotopic (exact) mass is 266 g/mol. The van der Waals surface area contributed by atoms with Crippen LogP contribution in [0, 0.1) is 0 Å². The van der Waals surface area contributed by atoms with Crippen LogP contribution in [-0.2, 0) is 6.54 Å². The first kappa shape index (κ1) is 12.4. The van der Waals surface area contributed by atoms with Gasteiger partial charge in [-0.1, -0.05) is 11.6 Å². The quantitative estimate of drug-likeness (QED) is 0.922. The summed E-state index contributed by atoms with van der Waals surface area (Å²) < 4.78 is 6.74. The van der Waals surface area contributed by atoms with Gasteiger partial charge in [0.25, 0.3) is 0 Å². The van der Waals surface area contributed by atoms with E-state index in [2.05, 4.69) is 5.10 Å². The Morgan fingerprint density at radius 2 is 2.28 bits per heavy atom. The number of methoxy groups -OCH3 is 1. The Hall–Kier alpha value is -2.01. The molecule has 0 fully saturated rings. The molecule has 0 saturated carbocycles. The lowest BCUT2D eigenvalue weighted by atomic mass is 10.2. The van der Waals surface area contributed by atoms with E-state index in [1.165, 1.54) is 10.7 Å². The van der Waals surface area contributed by atoms with Crippen LogP contribution in [0.5, 0.6) is 5.75 Å². The van der Waals surface area contributed by atoms with Crippen molar-refractivity contribution in [3.8, 4) is 5.75 Å². The molecule has 1 N–H and O–H groups in total. The molecule has 94 valence electrons. The van der Waals surface area contributed by atoms with E-state index < -0.39 is 5.97 Å². The molecule has 0 atom stereocenters. The minimum absolute atomic E-state index is 0.0102. The summed E-state index contributed by atoms with van der Waals surface area (Å²) in [5.41, 5.74) is 0.848. The number of carboxylic acids is 1. The third-order valence-corrected chi connectivity index (χ3v) is 2.67. The summed E-state index contributed by atoms with van der Waals surface area (Å²) in [7, 11) is 1.57. The zero-order valence-electron chi connectivity index (χ0n) is 9.63. The summed E-state index contributed by atoms with van der Waals surface area (Å²) in [6, 6.07) is 6.71. The fourth-order valence-electron chi connectivity index (χ4n) is 1.61. The number of hydrogen-bond acceptors (Lipinski definition) is 3. The van der Waals surface area contributed by atoms with Crippen LogP contribution < -0.4 is 4.74 Å². The zero-order chi connectivity index (χ0) is 13.1. The van der Waals surface area contributed by atoms with E-state index in [4.69, 9.17) is 21.4 Å². The molecule has 0 spiro atoms. The number of carboxylic acid groups (broad SMARTS) is 1. The first-order valence-electron chi connectivity index (χ1n) is 5.19. The van der Waals surface area contributed by atoms with Crippen molar-refractivity contribution < 1.29 is 14.6 Å². The molecular formula is C12H11ClN2O3. The topological polar surface area (TPSA) is 64.3 Å². The maximum Gasteiger partial charge on any atom is 0.356 e. The molecule has 5 nitrogen and oxygen atoms in total. The maximum absolute atomic E-state index is 10.7. The molecule has 0 aliphatic carbocycles. The van der Waals surface area contributed by atoms with Crippen molar-refractivity contribution in [3.63, 3.8) is 0 Å². The van der Waals surface area contributed by atoms with Crippen molar-refractivity contribution >= 4 is 17.6 Å². The Morgan fingerprint density at radius 1 is 1.50 bits per heavy atom. The van der Waals surface area contributed by atoms with E-state index in [1.54, 1.807) is 31.5 Å². The van der Waals surface area contributed by atoms with Crippen molar-refractivity contribution in [2.45, 2.75) is 6.54 Å². The van der Waals surface area contributed by atoms with Gasteiger partial charge in [0.2, 0.25) is 0 Å². The second-order valence-electron chi connectivity index (χ2n) is 3.66. The smallest absolute Gasteiger partial charge is 0.356 e. The molecule has 0 aliphatic rings. The van der Waals surface area contributed by atoms with Gasteiger partial charge in [0.05, 0.1) is 13.7 Å². The Bertz CT molecular complexity index is 580. The van der Waals surface area contributed by atoms with Crippen molar-refractivity contribution in [1.82, 2.24) is 9.78 Å². The van der Waals surface area contributed by atoms with Crippen molar-refractivity contribution in [2.75, 3.05) is 7.11 Å². The van der Waals surface area contributed by atoms with Gasteiger partial charge in [-0.05, 0) is 24.3 Å². The number of nitrogens with zero attached hydrogens (tertiary/aromatic N) is 2. The van der Waals surface area contributed by atoms with Gasteiger partial charge in [0.15, 0.2) is 5.69 Å². The summed E-state index contributed by atoms with van der Waals surface area (Å²) in [5.74, 6) is -0.362. The van der Waals surface area contributed by atoms with Crippen LogP contribution in [0.25, 0.3) is 0 Å². The molecule has 0 radical (unpaired) electrons. The van der Waals surface area contributed by atoms with E-state index in [-0.39, 0.29) is 5.69 Å². The van der Waals surface area contributed by atoms with Gasteiger partial charge in [0.1, 0.15) is 5.75 Å². The van der Waals surface area contributed by atoms with Crippen LogP contribution in [-0.4, -0.2) is 28.0 Å². The molecule has 0 saturated heterocycles. The zero-order valence-corrected chi connectivity index (χ0v) is 10.4. The summed E-state index contributed by atoms with van der Waals surface area (Å²) in [5, 5.41) is 13.3. The Morgan fingerprint density at radius 3 is 2.89 bits per heavy atom. The molecule has 0 unspecified atom stereocenters. The van der Waals surface area contributed by atoms with Crippen LogP contribution in [0.15, 0.2) is 30.5 Å². The predicted molar refractivity (Wildman–Crippen MR) is 66.3 cm³/mol. The third-order valence-electron chi connectivity index (χ3n) is 2.43. The third kappa shape index (κ3) is 2.62. The van der Waals surface area contributed by atoms with Crippen LogP contribution in [0.1, 0.15) is 16.1 Å². The Kier molecular flexibility index (Phi) is 3.53. The normalized spacial score (nSPS) is 10.3. The summed E-state index contributed by atoms with van der Waals surface area (Å²) in [6.45, 7) is 0.400. The number of hydrogen-bond donors (Lipinski definition) is 1. The molecule has 0 amide bonds. The van der Waals surface area contributed by atoms with Crippen LogP contribution in [0.2, 0.25) is 5.02 Å². The highest BCUT2D eigenvalue weighted by molar-refractivity contribution is 6.30. The lowest BCUT2D eigenvalue weighted by Gasteiger charge is -2.08. The minimum Gasteiger partial charge on any atom is -0.496 e. The second kappa shape index (κ2) is 5.10. The van der Waals surface area contributed by atoms with Gasteiger partial charge in [-0.15, -0.1) is 0 Å². The number of halogens is 1. The molecular weight excluding hydrogens is 256 g/mol. The van der Waals surface area contributed by atoms with E-state index in [1.807, 2.05) is 0 Å². The summed E-state index contributed by atoms with van der Waals surface area (Å²) in [6.07, 6.45) is 1.60. The second-order valence-corrected chi connectivity index (χ2v) is 4.10. The Labute approximate surface area is 109 Å². The summed E-state index contributed by atoms with van der Waals surface area (Å²) in [4.78, 5) is 10.7. The SMILES string of the molecule is COc1ccc(Cl)cc1Cn1ccc(C(=O)O)n1. The number of ether oxygens (including phenoxy) is 1. The van der Waals surface area contributed by atoms with Crippen LogP contribution in [0.3, 0.4) is 0 Å². The molecule has 1 heterocycles. The number of carbonyl (C=O) groups is 1. The maximum atomic E-state index is 10.7. The van der Waals surface area contributed by atoms with Gasteiger partial charge < -0.3 is 9.84 Å². The first-order valence-corrected chi connectivity index (χ1v) is 5.57. The van der Waals surface area contributed by atoms with E-state index in [9.17, 15) is 4.79 Å². The largest absolute Gasteiger partial charge is 0.496 e. The average molecular weight is 267 g/mol. The van der Waals surface area contributed by atoms with Gasteiger partial charge in [-0.25, -0.2) is 4.79 Å². The van der Waals surface area contributed by atoms with Crippen LogP contribution >= 0.6 is 11.6 Å². The first-order chi connectivity index (χ1) is 8.60. The minimum atomic E-state index is -1.05. The molecule has 2 rings (SSSR count). The molecule has 0 bridgehead atoms. The number of aromatic nitrogens is 2. The van der Waals surface area contributed by atoms with Gasteiger partial charge in [-0.2, -0.15) is 5.10 Å². The fourth-order valence-corrected chi connectivity index (χ4v) is 1.80. The van der Waals surface area contributed by atoms with E-state index >= 15 is 0 Å². The van der Waals surface area contributed by atoms with Crippen LogP contribution in [0.4, 0.5) is 0 Å². The van der Waals surface area contributed by atoms with Gasteiger partial charge in [0, 0.05) is 16.8 Å². The van der Waals surface area contributed by atoms with Crippen molar-refractivity contribution in [1.29, 1.82) is 0 Å². The Balaban J connectivity index is 2.27. The number of aromatic carboxylic acids is 1. The number of rotatable bonds is 4. The average Bonchev–Trinajstić information content (AvgIpc) is 2.78. The highest BCUT2D eigenvalue weighted by Gasteiger charge is 2.09. The molecule has 2 aromatic rings. The molecule has 1 aromatic heterocycles. The fraction of sp³-hybridized carbons (Fsp3) is 0.167. The molecule has 18 heavy (non-hydrogen) atoms. The lowest BCUT2D eigenvalue weighted by molar-refractivity contribution is 0.0689. The van der Waals surface area contributed by atoms with Gasteiger partial charge >= 0.3 is 5.97 Å². The molecule has 1 aromatic carbocycles. The highest BCUT2D eigenvalue weighted by atomic mass is 35.5. The van der Waals surface area contributed by atoms with Gasteiger partial charge in [-0.3, -0.25) is 4.68 Å².